The summed E-state index contributed by atoms with van der Waals surface area (Å²) in [6, 6.07) is 18.4. The molecule has 1 atom stereocenters. The Hall–Kier alpha value is -3.51. The van der Waals surface area contributed by atoms with Gasteiger partial charge in [0.2, 0.25) is 0 Å². The van der Waals surface area contributed by atoms with E-state index in [1.807, 2.05) is 30.3 Å². The fraction of sp³-hybridized carbons (Fsp3) is 0.154. The van der Waals surface area contributed by atoms with Crippen molar-refractivity contribution in [3.05, 3.63) is 111 Å². The van der Waals surface area contributed by atoms with Crippen LogP contribution in [0.25, 0.3) is 21.9 Å². The lowest BCUT2D eigenvalue weighted by Gasteiger charge is -2.14. The van der Waals surface area contributed by atoms with Crippen molar-refractivity contribution >= 4 is 33.5 Å². The Kier molecular flexibility index (Phi) is 5.46. The van der Waals surface area contributed by atoms with E-state index in [9.17, 15) is 13.6 Å². The van der Waals surface area contributed by atoms with Crippen LogP contribution in [0, 0.1) is 11.6 Å². The summed E-state index contributed by atoms with van der Waals surface area (Å²) in [5.74, 6) is -0.762. The molecule has 7 heteroatoms. The van der Waals surface area contributed by atoms with Crippen molar-refractivity contribution in [2.75, 3.05) is 0 Å². The molecule has 0 spiro atoms. The fourth-order valence-electron chi connectivity index (χ4n) is 4.27. The van der Waals surface area contributed by atoms with E-state index in [-0.39, 0.29) is 23.0 Å². The zero-order valence-corrected chi connectivity index (χ0v) is 18.6. The molecule has 0 N–H and O–H groups in total. The zero-order chi connectivity index (χ0) is 23.1. The van der Waals surface area contributed by atoms with Crippen molar-refractivity contribution < 1.29 is 8.78 Å². The van der Waals surface area contributed by atoms with E-state index in [2.05, 4.69) is 11.9 Å². The van der Waals surface area contributed by atoms with E-state index in [1.165, 1.54) is 30.6 Å². The minimum Gasteiger partial charge on any atom is -0.330 e. The first-order valence-electron chi connectivity index (χ1n) is 10.6. The average molecular weight is 464 g/mol. The molecule has 0 saturated carbocycles. The molecule has 0 amide bonds. The van der Waals surface area contributed by atoms with E-state index in [0.29, 0.717) is 34.0 Å². The standard InChI is InChI=1S/C26H20ClF2N3O/c1-16(17-5-3-2-4-6-17)13-31-15-30-24-21-11-19(28)9-10-23(21)32(25(24)26(31)33)14-18-7-8-20(29)12-22(18)27/h2-12,15-16H,13-14H2,1H3. The molecule has 166 valence electrons. The Morgan fingerprint density at radius 3 is 2.48 bits per heavy atom. The first kappa shape index (κ1) is 21.3. The lowest BCUT2D eigenvalue weighted by molar-refractivity contribution is 0.575. The van der Waals surface area contributed by atoms with Crippen LogP contribution in [0.2, 0.25) is 5.02 Å². The Morgan fingerprint density at radius 1 is 1.00 bits per heavy atom. The second kappa shape index (κ2) is 8.45. The van der Waals surface area contributed by atoms with Gasteiger partial charge in [0.25, 0.3) is 5.56 Å². The lowest BCUT2D eigenvalue weighted by atomic mass is 10.0. The van der Waals surface area contributed by atoms with Crippen molar-refractivity contribution in [3.63, 3.8) is 0 Å². The number of hydrogen-bond acceptors (Lipinski definition) is 2. The second-order valence-electron chi connectivity index (χ2n) is 8.19. The highest BCUT2D eigenvalue weighted by molar-refractivity contribution is 6.31. The van der Waals surface area contributed by atoms with Crippen LogP contribution in [0.3, 0.4) is 0 Å². The van der Waals surface area contributed by atoms with E-state index < -0.39 is 11.6 Å². The Labute approximate surface area is 193 Å². The van der Waals surface area contributed by atoms with Gasteiger partial charge in [-0.3, -0.25) is 9.36 Å². The molecular formula is C26H20ClF2N3O. The molecule has 0 aliphatic carbocycles. The molecule has 2 heterocycles. The van der Waals surface area contributed by atoms with Crippen LogP contribution >= 0.6 is 11.6 Å². The Balaban J connectivity index is 1.68. The fourth-order valence-corrected chi connectivity index (χ4v) is 4.50. The average Bonchev–Trinajstić information content (AvgIpc) is 3.11. The lowest BCUT2D eigenvalue weighted by Crippen LogP contribution is -2.24. The molecule has 0 saturated heterocycles. The maximum Gasteiger partial charge on any atom is 0.277 e. The Bertz CT molecular complexity index is 1540. The van der Waals surface area contributed by atoms with Crippen LogP contribution in [-0.4, -0.2) is 14.1 Å². The van der Waals surface area contributed by atoms with Gasteiger partial charge in [0.1, 0.15) is 22.7 Å². The summed E-state index contributed by atoms with van der Waals surface area (Å²) in [5, 5.41) is 0.803. The predicted octanol–water partition coefficient (Wildman–Crippen LogP) is 6.13. The van der Waals surface area contributed by atoms with E-state index >= 15 is 0 Å². The number of nitrogens with zero attached hydrogens (tertiary/aromatic N) is 3. The van der Waals surface area contributed by atoms with Gasteiger partial charge in [0.15, 0.2) is 0 Å². The molecule has 5 rings (SSSR count). The minimum atomic E-state index is -0.438. The summed E-state index contributed by atoms with van der Waals surface area (Å²) >= 11 is 6.27. The smallest absolute Gasteiger partial charge is 0.277 e. The molecule has 3 aromatic carbocycles. The van der Waals surface area contributed by atoms with Crippen molar-refractivity contribution in [1.29, 1.82) is 0 Å². The molecule has 0 aliphatic heterocycles. The summed E-state index contributed by atoms with van der Waals surface area (Å²) in [7, 11) is 0. The van der Waals surface area contributed by atoms with Crippen molar-refractivity contribution in [2.24, 2.45) is 0 Å². The van der Waals surface area contributed by atoms with Gasteiger partial charge in [-0.05, 0) is 47.4 Å². The maximum atomic E-state index is 14.1. The number of hydrogen-bond donors (Lipinski definition) is 0. The molecule has 0 bridgehead atoms. The SMILES string of the molecule is CC(Cn1cnc2c3cc(F)ccc3n(Cc3ccc(F)cc3Cl)c2c1=O)c1ccccc1. The number of benzene rings is 3. The number of rotatable bonds is 5. The number of aromatic nitrogens is 3. The number of fused-ring (bicyclic) bond motifs is 3. The van der Waals surface area contributed by atoms with Gasteiger partial charge in [-0.15, -0.1) is 0 Å². The first-order valence-corrected chi connectivity index (χ1v) is 11.0. The van der Waals surface area contributed by atoms with Gasteiger partial charge < -0.3 is 4.57 Å². The summed E-state index contributed by atoms with van der Waals surface area (Å²) in [6.07, 6.45) is 1.52. The highest BCUT2D eigenvalue weighted by atomic mass is 35.5. The highest BCUT2D eigenvalue weighted by Crippen LogP contribution is 2.29. The van der Waals surface area contributed by atoms with Crippen LogP contribution in [0.5, 0.6) is 0 Å². The number of halogens is 3. The van der Waals surface area contributed by atoms with Gasteiger partial charge in [-0.2, -0.15) is 0 Å². The van der Waals surface area contributed by atoms with Crippen LogP contribution in [0.1, 0.15) is 24.0 Å². The predicted molar refractivity (Wildman–Crippen MR) is 127 cm³/mol. The largest absolute Gasteiger partial charge is 0.330 e. The van der Waals surface area contributed by atoms with Gasteiger partial charge >= 0.3 is 0 Å². The molecule has 33 heavy (non-hydrogen) atoms. The van der Waals surface area contributed by atoms with Crippen molar-refractivity contribution in [1.82, 2.24) is 14.1 Å². The topological polar surface area (TPSA) is 39.8 Å². The third-order valence-corrected chi connectivity index (χ3v) is 6.32. The third kappa shape index (κ3) is 3.91. The maximum absolute atomic E-state index is 14.1. The summed E-state index contributed by atoms with van der Waals surface area (Å²) in [6.45, 7) is 2.72. The van der Waals surface area contributed by atoms with Gasteiger partial charge in [-0.1, -0.05) is 54.9 Å². The van der Waals surface area contributed by atoms with Crippen LogP contribution in [-0.2, 0) is 13.1 Å². The molecule has 4 nitrogen and oxygen atoms in total. The normalized spacial score (nSPS) is 12.5. The Morgan fingerprint density at radius 2 is 1.73 bits per heavy atom. The molecule has 1 unspecified atom stereocenters. The van der Waals surface area contributed by atoms with Gasteiger partial charge in [0, 0.05) is 23.5 Å². The van der Waals surface area contributed by atoms with Crippen LogP contribution < -0.4 is 5.56 Å². The molecule has 0 aliphatic rings. The summed E-state index contributed by atoms with van der Waals surface area (Å²) < 4.78 is 31.0. The van der Waals surface area contributed by atoms with Crippen molar-refractivity contribution in [3.8, 4) is 0 Å². The van der Waals surface area contributed by atoms with E-state index in [0.717, 1.165) is 5.56 Å². The monoisotopic (exact) mass is 463 g/mol. The van der Waals surface area contributed by atoms with Gasteiger partial charge in [-0.25, -0.2) is 13.8 Å². The third-order valence-electron chi connectivity index (χ3n) is 5.97. The zero-order valence-electron chi connectivity index (χ0n) is 17.8. The quantitative estimate of drug-likeness (QED) is 0.314. The van der Waals surface area contributed by atoms with E-state index in [1.54, 1.807) is 21.3 Å². The second-order valence-corrected chi connectivity index (χ2v) is 8.60. The molecule has 0 fully saturated rings. The molecular weight excluding hydrogens is 444 g/mol. The van der Waals surface area contributed by atoms with Crippen molar-refractivity contribution in [2.45, 2.75) is 25.9 Å². The van der Waals surface area contributed by atoms with Crippen LogP contribution in [0.4, 0.5) is 8.78 Å². The van der Waals surface area contributed by atoms with Gasteiger partial charge in [0.05, 0.1) is 11.8 Å². The highest BCUT2D eigenvalue weighted by Gasteiger charge is 2.19. The minimum absolute atomic E-state index is 0.0879. The first-order chi connectivity index (χ1) is 15.9. The molecule has 2 aromatic heterocycles. The summed E-state index contributed by atoms with van der Waals surface area (Å²) in [4.78, 5) is 18.2. The molecule has 0 radical (unpaired) electrons. The summed E-state index contributed by atoms with van der Waals surface area (Å²) in [5.41, 5.74) is 2.98. The molecule has 5 aromatic rings. The van der Waals surface area contributed by atoms with E-state index in [4.69, 9.17) is 11.6 Å². The van der Waals surface area contributed by atoms with Crippen LogP contribution in [0.15, 0.2) is 77.9 Å².